The Kier molecular flexibility index (Phi) is 4.90. The van der Waals surface area contributed by atoms with Crippen LogP contribution in [0, 0.1) is 12.7 Å². The topological polar surface area (TPSA) is 42.3 Å². The van der Waals surface area contributed by atoms with Crippen LogP contribution in [-0.4, -0.2) is 22.4 Å². The largest absolute Gasteiger partial charge is 0.341 e. The van der Waals surface area contributed by atoms with Gasteiger partial charge in [-0.15, -0.1) is 0 Å². The standard InChI is InChI=1S/C15H17FN2O2S/c1-11-10-21-15(20)18(11)8-7-14(19)17(2)9-12-5-3-4-6-13(12)16/h3-6,10H,7-9H2,1-2H3. The van der Waals surface area contributed by atoms with E-state index in [-0.39, 0.29) is 29.6 Å². The van der Waals surface area contributed by atoms with Crippen molar-refractivity contribution in [1.29, 1.82) is 0 Å². The van der Waals surface area contributed by atoms with Gasteiger partial charge in [0.2, 0.25) is 5.91 Å². The highest BCUT2D eigenvalue weighted by molar-refractivity contribution is 7.07. The van der Waals surface area contributed by atoms with Crippen LogP contribution in [0.25, 0.3) is 0 Å². The predicted octanol–water partition coefficient (Wildman–Crippen LogP) is 2.41. The Bertz CT molecular complexity index is 693. The molecule has 1 amide bonds. The number of halogens is 1. The van der Waals surface area contributed by atoms with Gasteiger partial charge in [-0.05, 0) is 13.0 Å². The summed E-state index contributed by atoms with van der Waals surface area (Å²) in [5.74, 6) is -0.433. The number of hydrogen-bond donors (Lipinski definition) is 0. The summed E-state index contributed by atoms with van der Waals surface area (Å²) in [4.78, 5) is 25.1. The van der Waals surface area contributed by atoms with Crippen LogP contribution >= 0.6 is 11.3 Å². The number of thiazole rings is 1. The van der Waals surface area contributed by atoms with E-state index in [1.54, 1.807) is 35.2 Å². The van der Waals surface area contributed by atoms with Crippen LogP contribution in [-0.2, 0) is 17.9 Å². The number of rotatable bonds is 5. The fourth-order valence-corrected chi connectivity index (χ4v) is 2.80. The Labute approximate surface area is 126 Å². The molecule has 4 nitrogen and oxygen atoms in total. The van der Waals surface area contributed by atoms with E-state index in [4.69, 9.17) is 0 Å². The Morgan fingerprint density at radius 2 is 2.10 bits per heavy atom. The van der Waals surface area contributed by atoms with E-state index in [0.29, 0.717) is 12.1 Å². The second-order valence-corrected chi connectivity index (χ2v) is 5.71. The Morgan fingerprint density at radius 3 is 2.71 bits per heavy atom. The number of amides is 1. The molecule has 2 aromatic rings. The lowest BCUT2D eigenvalue weighted by atomic mass is 10.2. The van der Waals surface area contributed by atoms with Gasteiger partial charge in [-0.1, -0.05) is 29.5 Å². The first-order valence-corrected chi connectivity index (χ1v) is 7.49. The summed E-state index contributed by atoms with van der Waals surface area (Å²) < 4.78 is 15.1. The average molecular weight is 308 g/mol. The van der Waals surface area contributed by atoms with Crippen molar-refractivity contribution in [3.63, 3.8) is 0 Å². The first-order valence-electron chi connectivity index (χ1n) is 6.61. The molecule has 2 rings (SSSR count). The molecule has 1 aromatic carbocycles. The summed E-state index contributed by atoms with van der Waals surface area (Å²) >= 11 is 1.13. The van der Waals surface area contributed by atoms with E-state index in [9.17, 15) is 14.0 Å². The molecule has 0 aliphatic heterocycles. The molecular weight excluding hydrogens is 291 g/mol. The van der Waals surface area contributed by atoms with Gasteiger partial charge in [0.1, 0.15) is 5.82 Å². The zero-order chi connectivity index (χ0) is 15.4. The minimum Gasteiger partial charge on any atom is -0.341 e. The molecule has 112 valence electrons. The van der Waals surface area contributed by atoms with Crippen LogP contribution in [0.15, 0.2) is 34.4 Å². The maximum atomic E-state index is 13.5. The van der Waals surface area contributed by atoms with Crippen LogP contribution < -0.4 is 4.87 Å². The Morgan fingerprint density at radius 1 is 1.38 bits per heavy atom. The van der Waals surface area contributed by atoms with Gasteiger partial charge >= 0.3 is 4.87 Å². The van der Waals surface area contributed by atoms with E-state index < -0.39 is 0 Å². The van der Waals surface area contributed by atoms with E-state index >= 15 is 0 Å². The average Bonchev–Trinajstić information content (AvgIpc) is 2.78. The molecule has 0 unspecified atom stereocenters. The van der Waals surface area contributed by atoms with Gasteiger partial charge in [0, 0.05) is 43.2 Å². The van der Waals surface area contributed by atoms with Gasteiger partial charge in [-0.3, -0.25) is 9.59 Å². The number of carbonyl (C=O) groups is 1. The molecule has 6 heteroatoms. The first-order chi connectivity index (χ1) is 9.99. The lowest BCUT2D eigenvalue weighted by Gasteiger charge is -2.18. The van der Waals surface area contributed by atoms with Gasteiger partial charge in [0.05, 0.1) is 0 Å². The molecule has 0 bridgehead atoms. The van der Waals surface area contributed by atoms with E-state index in [2.05, 4.69) is 0 Å². The van der Waals surface area contributed by atoms with Gasteiger partial charge < -0.3 is 9.47 Å². The van der Waals surface area contributed by atoms with E-state index in [1.807, 2.05) is 6.92 Å². The quantitative estimate of drug-likeness (QED) is 0.851. The van der Waals surface area contributed by atoms with E-state index in [0.717, 1.165) is 17.0 Å². The van der Waals surface area contributed by atoms with Crippen molar-refractivity contribution in [3.05, 3.63) is 56.4 Å². The lowest BCUT2D eigenvalue weighted by molar-refractivity contribution is -0.130. The summed E-state index contributed by atoms with van der Waals surface area (Å²) in [5.41, 5.74) is 1.34. The van der Waals surface area contributed by atoms with Crippen LogP contribution in [0.2, 0.25) is 0 Å². The summed E-state index contributed by atoms with van der Waals surface area (Å²) in [6.07, 6.45) is 0.225. The third-order valence-corrected chi connectivity index (χ3v) is 4.20. The third-order valence-electron chi connectivity index (χ3n) is 3.32. The van der Waals surface area contributed by atoms with Gasteiger partial charge in [-0.25, -0.2) is 4.39 Å². The molecule has 1 aromatic heterocycles. The predicted molar refractivity (Wildman–Crippen MR) is 80.8 cm³/mol. The molecule has 0 saturated heterocycles. The van der Waals surface area contributed by atoms with Crippen molar-refractivity contribution < 1.29 is 9.18 Å². The fraction of sp³-hybridized carbons (Fsp3) is 0.333. The maximum Gasteiger partial charge on any atom is 0.307 e. The van der Waals surface area contributed by atoms with Crippen LogP contribution in [0.5, 0.6) is 0 Å². The zero-order valence-corrected chi connectivity index (χ0v) is 12.8. The SMILES string of the molecule is Cc1csc(=O)n1CCC(=O)N(C)Cc1ccccc1F. The minimum atomic E-state index is -0.318. The van der Waals surface area contributed by atoms with Crippen molar-refractivity contribution >= 4 is 17.2 Å². The van der Waals surface area contributed by atoms with Gasteiger partial charge in [0.15, 0.2) is 0 Å². The molecule has 0 saturated carbocycles. The molecule has 0 fully saturated rings. The number of aryl methyl sites for hydroxylation is 1. The van der Waals surface area contributed by atoms with Gasteiger partial charge in [-0.2, -0.15) is 0 Å². The molecule has 0 radical (unpaired) electrons. The molecule has 21 heavy (non-hydrogen) atoms. The molecule has 0 N–H and O–H groups in total. The van der Waals surface area contributed by atoms with Crippen molar-refractivity contribution in [1.82, 2.24) is 9.47 Å². The summed E-state index contributed by atoms with van der Waals surface area (Å²) in [5, 5.41) is 1.77. The van der Waals surface area contributed by atoms with Crippen molar-refractivity contribution in [3.8, 4) is 0 Å². The number of carbonyl (C=O) groups excluding carboxylic acids is 1. The number of hydrogen-bond acceptors (Lipinski definition) is 3. The summed E-state index contributed by atoms with van der Waals surface area (Å²) in [6, 6.07) is 6.39. The van der Waals surface area contributed by atoms with Crippen LogP contribution in [0.4, 0.5) is 4.39 Å². The number of aromatic nitrogens is 1. The van der Waals surface area contributed by atoms with Crippen LogP contribution in [0.3, 0.4) is 0 Å². The highest BCUT2D eigenvalue weighted by atomic mass is 32.1. The molecule has 0 atom stereocenters. The molecule has 1 heterocycles. The Hall–Kier alpha value is -1.95. The first kappa shape index (κ1) is 15.4. The van der Waals surface area contributed by atoms with Crippen molar-refractivity contribution in [2.75, 3.05) is 7.05 Å². The third kappa shape index (κ3) is 3.78. The monoisotopic (exact) mass is 308 g/mol. The zero-order valence-electron chi connectivity index (χ0n) is 12.0. The normalized spacial score (nSPS) is 10.6. The van der Waals surface area contributed by atoms with Crippen molar-refractivity contribution in [2.45, 2.75) is 26.4 Å². The summed E-state index contributed by atoms with van der Waals surface area (Å²) in [6.45, 7) is 2.42. The van der Waals surface area contributed by atoms with E-state index in [1.165, 1.54) is 11.0 Å². The number of benzene rings is 1. The number of nitrogens with zero attached hydrogens (tertiary/aromatic N) is 2. The highest BCUT2D eigenvalue weighted by Gasteiger charge is 2.12. The molecule has 0 spiro atoms. The second kappa shape index (κ2) is 6.67. The second-order valence-electron chi connectivity index (χ2n) is 4.89. The smallest absolute Gasteiger partial charge is 0.307 e. The molecular formula is C15H17FN2O2S. The molecule has 0 aliphatic carbocycles. The van der Waals surface area contributed by atoms with Gasteiger partial charge in [0.25, 0.3) is 0 Å². The minimum absolute atomic E-state index is 0.0583. The van der Waals surface area contributed by atoms with Crippen molar-refractivity contribution in [2.24, 2.45) is 0 Å². The molecule has 0 aliphatic rings. The summed E-state index contributed by atoms with van der Waals surface area (Å²) in [7, 11) is 1.64. The lowest BCUT2D eigenvalue weighted by Crippen LogP contribution is -2.28. The highest BCUT2D eigenvalue weighted by Crippen LogP contribution is 2.10. The van der Waals surface area contributed by atoms with Crippen LogP contribution in [0.1, 0.15) is 17.7 Å². The Balaban J connectivity index is 1.94. The maximum absolute atomic E-state index is 13.5. The fourth-order valence-electron chi connectivity index (χ4n) is 2.04.